The summed E-state index contributed by atoms with van der Waals surface area (Å²) in [4.78, 5) is 10.1. The molecule has 0 saturated carbocycles. The third-order valence-corrected chi connectivity index (χ3v) is 1.59. The molecule has 0 bridgehead atoms. The van der Waals surface area contributed by atoms with E-state index >= 15 is 0 Å². The van der Waals surface area contributed by atoms with Crippen LogP contribution >= 0.6 is 0 Å². The predicted molar refractivity (Wildman–Crippen MR) is 42.3 cm³/mol. The summed E-state index contributed by atoms with van der Waals surface area (Å²) in [5.74, 6) is -1.03. The molecule has 1 unspecified atom stereocenters. The third-order valence-electron chi connectivity index (χ3n) is 1.59. The SMILES string of the molecule is [O]C(CCCCCO)CC(=O)O. The molecule has 1 radical (unpaired) electrons. The zero-order chi connectivity index (χ0) is 9.40. The fourth-order valence-electron chi connectivity index (χ4n) is 0.957. The molecule has 2 N–H and O–H groups in total. The molecular weight excluding hydrogens is 160 g/mol. The van der Waals surface area contributed by atoms with Crippen molar-refractivity contribution in [1.29, 1.82) is 0 Å². The zero-order valence-electron chi connectivity index (χ0n) is 7.03. The summed E-state index contributed by atoms with van der Waals surface area (Å²) in [7, 11) is 0. The first-order valence-electron chi connectivity index (χ1n) is 4.15. The minimum Gasteiger partial charge on any atom is -0.481 e. The summed E-state index contributed by atoms with van der Waals surface area (Å²) in [6.45, 7) is 0.141. The Morgan fingerprint density at radius 3 is 2.42 bits per heavy atom. The largest absolute Gasteiger partial charge is 0.481 e. The van der Waals surface area contributed by atoms with Gasteiger partial charge in [-0.2, -0.15) is 0 Å². The van der Waals surface area contributed by atoms with Crippen LogP contribution in [0.3, 0.4) is 0 Å². The predicted octanol–water partition coefficient (Wildman–Crippen LogP) is 0.813. The van der Waals surface area contributed by atoms with Gasteiger partial charge in [0.05, 0.1) is 6.42 Å². The first-order valence-corrected chi connectivity index (χ1v) is 4.15. The Morgan fingerprint density at radius 1 is 1.25 bits per heavy atom. The second-order valence-corrected chi connectivity index (χ2v) is 2.79. The van der Waals surface area contributed by atoms with Gasteiger partial charge in [-0.05, 0) is 12.8 Å². The van der Waals surface area contributed by atoms with Gasteiger partial charge in [0.25, 0.3) is 0 Å². The molecular formula is C8H15O4. The Hall–Kier alpha value is -0.610. The molecule has 0 amide bonds. The molecule has 0 rings (SSSR count). The highest BCUT2D eigenvalue weighted by molar-refractivity contribution is 5.67. The monoisotopic (exact) mass is 175 g/mol. The van der Waals surface area contributed by atoms with E-state index in [1.165, 1.54) is 0 Å². The molecule has 0 fully saturated rings. The molecule has 12 heavy (non-hydrogen) atoms. The van der Waals surface area contributed by atoms with Crippen molar-refractivity contribution in [1.82, 2.24) is 0 Å². The van der Waals surface area contributed by atoms with Crippen LogP contribution in [0, 0.1) is 0 Å². The van der Waals surface area contributed by atoms with Crippen molar-refractivity contribution in [3.8, 4) is 0 Å². The Kier molecular flexibility index (Phi) is 6.70. The van der Waals surface area contributed by atoms with Gasteiger partial charge in [-0.15, -0.1) is 0 Å². The van der Waals surface area contributed by atoms with E-state index in [1.54, 1.807) is 0 Å². The van der Waals surface area contributed by atoms with Crippen molar-refractivity contribution in [2.75, 3.05) is 6.61 Å². The first kappa shape index (κ1) is 11.4. The zero-order valence-corrected chi connectivity index (χ0v) is 7.03. The lowest BCUT2D eigenvalue weighted by Gasteiger charge is -2.03. The topological polar surface area (TPSA) is 77.4 Å². The summed E-state index contributed by atoms with van der Waals surface area (Å²) >= 11 is 0. The molecule has 0 heterocycles. The van der Waals surface area contributed by atoms with Gasteiger partial charge in [-0.3, -0.25) is 4.79 Å². The van der Waals surface area contributed by atoms with E-state index in [1.807, 2.05) is 0 Å². The smallest absolute Gasteiger partial charge is 0.306 e. The number of hydrogen-bond acceptors (Lipinski definition) is 2. The second kappa shape index (κ2) is 7.06. The standard InChI is InChI=1S/C8H15O4/c9-5-3-1-2-4-7(10)6-8(11)12/h7,9H,1-6H2,(H,11,12). The summed E-state index contributed by atoms with van der Waals surface area (Å²) in [6.07, 6.45) is 1.32. The number of carbonyl (C=O) groups is 1. The molecule has 0 aromatic carbocycles. The third kappa shape index (κ3) is 7.50. The van der Waals surface area contributed by atoms with Crippen LogP contribution in [0.15, 0.2) is 0 Å². The van der Waals surface area contributed by atoms with Gasteiger partial charge in [0.2, 0.25) is 0 Å². The van der Waals surface area contributed by atoms with Crippen molar-refractivity contribution >= 4 is 5.97 Å². The molecule has 0 aromatic rings. The quantitative estimate of drug-likeness (QED) is 0.562. The molecule has 0 spiro atoms. The molecule has 0 aliphatic heterocycles. The molecule has 4 nitrogen and oxygen atoms in total. The molecule has 0 aromatic heterocycles. The van der Waals surface area contributed by atoms with Gasteiger partial charge in [0.1, 0.15) is 6.10 Å². The lowest BCUT2D eigenvalue weighted by Crippen LogP contribution is -2.11. The molecule has 0 aliphatic carbocycles. The van der Waals surface area contributed by atoms with E-state index in [4.69, 9.17) is 10.2 Å². The molecule has 71 valence electrons. The van der Waals surface area contributed by atoms with E-state index in [2.05, 4.69) is 0 Å². The van der Waals surface area contributed by atoms with Crippen LogP contribution in [0.25, 0.3) is 0 Å². The number of unbranched alkanes of at least 4 members (excludes halogenated alkanes) is 2. The van der Waals surface area contributed by atoms with E-state index in [9.17, 15) is 9.90 Å². The number of aliphatic hydroxyl groups excluding tert-OH is 1. The fraction of sp³-hybridized carbons (Fsp3) is 0.875. The Balaban J connectivity index is 3.19. The number of carboxylic acid groups (broad SMARTS) is 1. The van der Waals surface area contributed by atoms with Crippen molar-refractivity contribution in [2.45, 2.75) is 38.2 Å². The Bertz CT molecular complexity index is 124. The van der Waals surface area contributed by atoms with Crippen molar-refractivity contribution in [3.05, 3.63) is 0 Å². The number of aliphatic carboxylic acids is 1. The van der Waals surface area contributed by atoms with Crippen molar-refractivity contribution in [3.63, 3.8) is 0 Å². The summed E-state index contributed by atoms with van der Waals surface area (Å²) in [6, 6.07) is 0. The van der Waals surface area contributed by atoms with Gasteiger partial charge in [-0.1, -0.05) is 12.8 Å². The van der Waals surface area contributed by atoms with Crippen LogP contribution in [0.2, 0.25) is 0 Å². The highest BCUT2D eigenvalue weighted by atomic mass is 16.4. The number of carboxylic acids is 1. The maximum Gasteiger partial charge on any atom is 0.306 e. The van der Waals surface area contributed by atoms with Gasteiger partial charge in [0.15, 0.2) is 0 Å². The number of hydrogen-bond donors (Lipinski definition) is 2. The molecule has 0 aliphatic rings. The fourth-order valence-corrected chi connectivity index (χ4v) is 0.957. The van der Waals surface area contributed by atoms with Crippen molar-refractivity contribution < 1.29 is 20.1 Å². The highest BCUT2D eigenvalue weighted by Crippen LogP contribution is 2.06. The van der Waals surface area contributed by atoms with Gasteiger partial charge < -0.3 is 10.2 Å². The van der Waals surface area contributed by atoms with Crippen LogP contribution in [0.4, 0.5) is 0 Å². The first-order chi connectivity index (χ1) is 5.66. The lowest BCUT2D eigenvalue weighted by molar-refractivity contribution is -0.140. The van der Waals surface area contributed by atoms with E-state index < -0.39 is 12.1 Å². The molecule has 0 saturated heterocycles. The summed E-state index contributed by atoms with van der Waals surface area (Å²) < 4.78 is 0. The Labute approximate surface area is 71.8 Å². The minimum absolute atomic E-state index is 0.141. The minimum atomic E-state index is -1.03. The highest BCUT2D eigenvalue weighted by Gasteiger charge is 2.09. The maximum atomic E-state index is 10.9. The van der Waals surface area contributed by atoms with Crippen LogP contribution in [0.1, 0.15) is 32.1 Å². The van der Waals surface area contributed by atoms with Crippen LogP contribution in [-0.2, 0) is 9.90 Å². The van der Waals surface area contributed by atoms with E-state index in [0.29, 0.717) is 19.3 Å². The number of aliphatic hydroxyl groups is 1. The average Bonchev–Trinajstić information content (AvgIpc) is 1.97. The van der Waals surface area contributed by atoms with Gasteiger partial charge in [-0.25, -0.2) is 5.11 Å². The summed E-state index contributed by atoms with van der Waals surface area (Å²) in [5.41, 5.74) is 0. The van der Waals surface area contributed by atoms with Gasteiger partial charge in [0, 0.05) is 6.61 Å². The molecule has 4 heteroatoms. The average molecular weight is 175 g/mol. The van der Waals surface area contributed by atoms with Crippen LogP contribution in [0.5, 0.6) is 0 Å². The normalized spacial score (nSPS) is 12.8. The van der Waals surface area contributed by atoms with Gasteiger partial charge >= 0.3 is 5.97 Å². The van der Waals surface area contributed by atoms with Crippen LogP contribution < -0.4 is 0 Å². The second-order valence-electron chi connectivity index (χ2n) is 2.79. The van der Waals surface area contributed by atoms with Crippen LogP contribution in [-0.4, -0.2) is 28.9 Å². The summed E-state index contributed by atoms with van der Waals surface area (Å²) in [5, 5.41) is 27.5. The van der Waals surface area contributed by atoms with E-state index in [0.717, 1.165) is 6.42 Å². The Morgan fingerprint density at radius 2 is 1.92 bits per heavy atom. The molecule has 1 atom stereocenters. The maximum absolute atomic E-state index is 10.9. The van der Waals surface area contributed by atoms with E-state index in [-0.39, 0.29) is 13.0 Å². The van der Waals surface area contributed by atoms with Crippen molar-refractivity contribution in [2.24, 2.45) is 0 Å². The number of rotatable bonds is 7. The lowest BCUT2D eigenvalue weighted by atomic mass is 10.1.